The predicted molar refractivity (Wildman–Crippen MR) is 126 cm³/mol. The molecule has 8 heteroatoms. The minimum Gasteiger partial charge on any atom is -0.413 e. The minimum atomic E-state index is -4.02. The molecule has 0 aliphatic rings. The van der Waals surface area contributed by atoms with E-state index in [9.17, 15) is 9.13 Å². The number of para-hydroxylation sites is 2. The average Bonchev–Trinajstić information content (AvgIpc) is 2.81. The maximum absolute atomic E-state index is 13.3. The van der Waals surface area contributed by atoms with Crippen molar-refractivity contribution in [1.29, 1.82) is 0 Å². The van der Waals surface area contributed by atoms with Gasteiger partial charge in [0.2, 0.25) is 0 Å². The lowest BCUT2D eigenvalue weighted by atomic mass is 10.3. The Labute approximate surface area is 186 Å². The summed E-state index contributed by atoms with van der Waals surface area (Å²) in [6, 6.07) is 34.7. The second-order valence-electron chi connectivity index (χ2n) is 6.52. The highest BCUT2D eigenvalue weighted by Crippen LogP contribution is 2.47. The fourth-order valence-electron chi connectivity index (χ4n) is 2.60. The minimum absolute atomic E-state index is 0.0648. The number of benzene rings is 4. The Balaban J connectivity index is 0.000000243. The van der Waals surface area contributed by atoms with Crippen LogP contribution in [0.4, 0.5) is 0 Å². The van der Waals surface area contributed by atoms with Crippen LogP contribution in [0.3, 0.4) is 0 Å². The Kier molecular flexibility index (Phi) is 8.04. The van der Waals surface area contributed by atoms with E-state index < -0.39 is 15.2 Å². The van der Waals surface area contributed by atoms with Crippen molar-refractivity contribution in [3.8, 4) is 11.5 Å². The average molecular weight is 468 g/mol. The first-order valence-electron chi connectivity index (χ1n) is 9.63. The highest BCUT2D eigenvalue weighted by atomic mass is 31.2. The lowest BCUT2D eigenvalue weighted by Crippen LogP contribution is -2.14. The van der Waals surface area contributed by atoms with Crippen molar-refractivity contribution in [3.05, 3.63) is 121 Å². The number of rotatable bonds is 6. The van der Waals surface area contributed by atoms with Crippen molar-refractivity contribution in [1.82, 2.24) is 0 Å². The highest BCUT2D eigenvalue weighted by Gasteiger charge is 2.31. The van der Waals surface area contributed by atoms with Crippen LogP contribution in [-0.4, -0.2) is 9.79 Å². The molecule has 0 saturated heterocycles. The molecule has 4 aromatic rings. The first kappa shape index (κ1) is 23.5. The Morgan fingerprint density at radius 3 is 1.09 bits per heavy atom. The van der Waals surface area contributed by atoms with Crippen molar-refractivity contribution >= 4 is 25.8 Å². The molecule has 0 aliphatic heterocycles. The molecule has 0 bridgehead atoms. The summed E-state index contributed by atoms with van der Waals surface area (Å²) in [6.45, 7) is 0. The fourth-order valence-corrected chi connectivity index (χ4v) is 4.74. The van der Waals surface area contributed by atoms with Gasteiger partial charge in [0.15, 0.2) is 0 Å². The molecule has 6 nitrogen and oxygen atoms in total. The molecule has 0 spiro atoms. The van der Waals surface area contributed by atoms with Gasteiger partial charge in [0.25, 0.3) is 0 Å². The van der Waals surface area contributed by atoms with Gasteiger partial charge in [0, 0.05) is 0 Å². The normalized spacial score (nSPS) is 11.1. The monoisotopic (exact) mass is 468 g/mol. The van der Waals surface area contributed by atoms with E-state index in [4.69, 9.17) is 18.8 Å². The molecule has 0 aliphatic carbocycles. The van der Waals surface area contributed by atoms with Crippen LogP contribution < -0.4 is 19.7 Å². The smallest absolute Gasteiger partial charge is 0.413 e. The summed E-state index contributed by atoms with van der Waals surface area (Å²) in [5.74, 6) is 1.01. The molecule has 0 radical (unpaired) electrons. The van der Waals surface area contributed by atoms with Gasteiger partial charge in [0.05, 0.1) is 10.6 Å². The molecule has 0 heterocycles. The Hall–Kier alpha value is -3.14. The van der Waals surface area contributed by atoms with Gasteiger partial charge in [-0.1, -0.05) is 72.8 Å². The second-order valence-corrected chi connectivity index (χ2v) is 10.0. The predicted octanol–water partition coefficient (Wildman–Crippen LogP) is 5.15. The first-order chi connectivity index (χ1) is 15.4. The fraction of sp³-hybridized carbons (Fsp3) is 0. The SMILES string of the molecule is O=P(O)(O)c1ccccc1.O=P(Oc1ccccc1)(Oc1ccccc1)c1ccccc1. The zero-order chi connectivity index (χ0) is 22.9. The van der Waals surface area contributed by atoms with Crippen LogP contribution in [0.5, 0.6) is 11.5 Å². The largest absolute Gasteiger partial charge is 0.462 e. The van der Waals surface area contributed by atoms with Crippen molar-refractivity contribution in [2.45, 2.75) is 0 Å². The number of hydrogen-bond donors (Lipinski definition) is 2. The third-order valence-electron chi connectivity index (χ3n) is 4.10. The molecule has 2 N–H and O–H groups in total. The molecule has 0 unspecified atom stereocenters. The summed E-state index contributed by atoms with van der Waals surface area (Å²) in [4.78, 5) is 17.2. The lowest BCUT2D eigenvalue weighted by Gasteiger charge is -2.20. The van der Waals surface area contributed by atoms with Crippen LogP contribution in [0.2, 0.25) is 0 Å². The standard InChI is InChI=1S/C18H15O3P.C6H7O3P/c19-22(18-14-8-3-9-15-18,20-16-10-4-1-5-11-16)21-17-12-6-2-7-13-17;7-10(8,9)6-4-2-1-3-5-6/h1-15H;1-5H,(H2,7,8,9). The van der Waals surface area contributed by atoms with Crippen molar-refractivity contribution < 1.29 is 28.0 Å². The molecule has 4 rings (SSSR count). The van der Waals surface area contributed by atoms with Gasteiger partial charge in [-0.25, -0.2) is 4.57 Å². The summed E-state index contributed by atoms with van der Waals surface area (Å²) < 4.78 is 35.3. The maximum Gasteiger partial charge on any atom is 0.462 e. The Morgan fingerprint density at radius 2 is 0.781 bits per heavy atom. The lowest BCUT2D eigenvalue weighted by molar-refractivity contribution is 0.387. The first-order valence-corrected chi connectivity index (χ1v) is 12.8. The third-order valence-corrected chi connectivity index (χ3v) is 6.91. The second kappa shape index (κ2) is 10.9. The van der Waals surface area contributed by atoms with Crippen LogP contribution in [0, 0.1) is 0 Å². The Morgan fingerprint density at radius 1 is 0.469 bits per heavy atom. The van der Waals surface area contributed by atoms with Gasteiger partial charge < -0.3 is 18.8 Å². The van der Waals surface area contributed by atoms with E-state index in [-0.39, 0.29) is 5.30 Å². The summed E-state index contributed by atoms with van der Waals surface area (Å²) in [5.41, 5.74) is 0. The van der Waals surface area contributed by atoms with E-state index in [2.05, 4.69) is 0 Å². The maximum atomic E-state index is 13.3. The molecule has 32 heavy (non-hydrogen) atoms. The van der Waals surface area contributed by atoms with E-state index in [1.54, 1.807) is 54.6 Å². The van der Waals surface area contributed by atoms with Gasteiger partial charge in [-0.3, -0.25) is 4.57 Å². The van der Waals surface area contributed by atoms with E-state index in [0.29, 0.717) is 16.8 Å². The van der Waals surface area contributed by atoms with Crippen molar-refractivity contribution in [2.24, 2.45) is 0 Å². The topological polar surface area (TPSA) is 93.1 Å². The van der Waals surface area contributed by atoms with Crippen molar-refractivity contribution in [2.75, 3.05) is 0 Å². The molecule has 0 atom stereocenters. The van der Waals surface area contributed by atoms with E-state index >= 15 is 0 Å². The van der Waals surface area contributed by atoms with E-state index in [1.165, 1.54) is 12.1 Å². The van der Waals surface area contributed by atoms with Gasteiger partial charge in [0.1, 0.15) is 11.5 Å². The molecule has 0 saturated carbocycles. The van der Waals surface area contributed by atoms with Gasteiger partial charge in [-0.05, 0) is 48.5 Å². The van der Waals surface area contributed by atoms with Crippen LogP contribution >= 0.6 is 15.2 Å². The molecule has 4 aromatic carbocycles. The van der Waals surface area contributed by atoms with Crippen LogP contribution in [0.15, 0.2) is 121 Å². The summed E-state index contributed by atoms with van der Waals surface area (Å²) >= 11 is 0. The number of hydrogen-bond acceptors (Lipinski definition) is 4. The van der Waals surface area contributed by atoms with Crippen LogP contribution in [0.1, 0.15) is 0 Å². The highest BCUT2D eigenvalue weighted by molar-refractivity contribution is 7.63. The van der Waals surface area contributed by atoms with Gasteiger partial charge in [-0.2, -0.15) is 0 Å². The molecule has 0 aromatic heterocycles. The summed E-state index contributed by atoms with van der Waals surface area (Å²) in [7, 11) is -7.53. The van der Waals surface area contributed by atoms with E-state index in [1.807, 2.05) is 54.6 Å². The molecule has 0 fully saturated rings. The van der Waals surface area contributed by atoms with E-state index in [0.717, 1.165) is 0 Å². The molecule has 164 valence electrons. The zero-order valence-corrected chi connectivity index (χ0v) is 18.8. The summed E-state index contributed by atoms with van der Waals surface area (Å²) in [5, 5.41) is 0.581. The quantitative estimate of drug-likeness (QED) is 0.380. The van der Waals surface area contributed by atoms with Gasteiger partial charge >= 0.3 is 15.2 Å². The van der Waals surface area contributed by atoms with Crippen LogP contribution in [-0.2, 0) is 9.13 Å². The summed E-state index contributed by atoms with van der Waals surface area (Å²) in [6.07, 6.45) is 0. The van der Waals surface area contributed by atoms with Crippen LogP contribution in [0.25, 0.3) is 0 Å². The Bertz CT molecular complexity index is 1130. The third kappa shape index (κ3) is 6.94. The zero-order valence-electron chi connectivity index (χ0n) is 17.0. The molecular formula is C24H22O6P2. The van der Waals surface area contributed by atoms with Crippen molar-refractivity contribution in [3.63, 3.8) is 0 Å². The van der Waals surface area contributed by atoms with Gasteiger partial charge in [-0.15, -0.1) is 0 Å². The molecular weight excluding hydrogens is 446 g/mol. The molecule has 0 amide bonds.